The maximum absolute atomic E-state index is 11.7. The third kappa shape index (κ3) is 3.77. The van der Waals surface area contributed by atoms with Crippen molar-refractivity contribution in [2.24, 2.45) is 0 Å². The van der Waals surface area contributed by atoms with E-state index in [2.05, 4.69) is 10.6 Å². The van der Waals surface area contributed by atoms with Crippen molar-refractivity contribution in [2.75, 3.05) is 10.6 Å². The van der Waals surface area contributed by atoms with Crippen LogP contribution in [0.15, 0.2) is 42.5 Å². The van der Waals surface area contributed by atoms with Gasteiger partial charge in [-0.3, -0.25) is 0 Å². The highest BCUT2D eigenvalue weighted by molar-refractivity contribution is 6.34. The summed E-state index contributed by atoms with van der Waals surface area (Å²) in [6.07, 6.45) is 0. The van der Waals surface area contributed by atoms with Gasteiger partial charge in [-0.2, -0.15) is 0 Å². The number of nitrogens with one attached hydrogen (secondary N) is 2. The van der Waals surface area contributed by atoms with Crippen molar-refractivity contribution in [1.29, 1.82) is 0 Å². The van der Waals surface area contributed by atoms with E-state index in [1.54, 1.807) is 24.3 Å². The van der Waals surface area contributed by atoms with E-state index in [4.69, 9.17) is 23.2 Å². The van der Waals surface area contributed by atoms with Gasteiger partial charge in [0.2, 0.25) is 0 Å². The summed E-state index contributed by atoms with van der Waals surface area (Å²) in [6.45, 7) is 0. The van der Waals surface area contributed by atoms with Crippen molar-refractivity contribution in [3.8, 4) is 5.75 Å². The predicted octanol–water partition coefficient (Wildman–Crippen LogP) is 4.34. The van der Waals surface area contributed by atoms with Gasteiger partial charge in [-0.15, -0.1) is 0 Å². The second-order valence-electron chi connectivity index (χ2n) is 3.75. The molecule has 0 radical (unpaired) electrons. The van der Waals surface area contributed by atoms with E-state index in [-0.39, 0.29) is 10.8 Å². The first-order valence-electron chi connectivity index (χ1n) is 5.37. The average Bonchev–Trinajstić information content (AvgIpc) is 2.36. The standard InChI is InChI=1S/C13H10Cl2N2O2/c14-8-1-3-9(4-2-8)16-13(19)17-12-6-5-10(18)7-11(12)15/h1-7,18H,(H2,16,17,19). The minimum atomic E-state index is -0.435. The Morgan fingerprint density at radius 2 is 1.68 bits per heavy atom. The largest absolute Gasteiger partial charge is 0.508 e. The molecule has 0 bridgehead atoms. The molecule has 0 aromatic heterocycles. The molecule has 19 heavy (non-hydrogen) atoms. The van der Waals surface area contributed by atoms with Crippen LogP contribution >= 0.6 is 23.2 Å². The fraction of sp³-hybridized carbons (Fsp3) is 0. The second kappa shape index (κ2) is 5.82. The highest BCUT2D eigenvalue weighted by Gasteiger charge is 2.06. The number of phenols is 1. The fourth-order valence-corrected chi connectivity index (χ4v) is 1.77. The lowest BCUT2D eigenvalue weighted by atomic mass is 10.3. The zero-order valence-corrected chi connectivity index (χ0v) is 11.2. The van der Waals surface area contributed by atoms with E-state index in [0.717, 1.165) is 0 Å². The molecule has 0 unspecified atom stereocenters. The third-order valence-electron chi connectivity index (χ3n) is 2.30. The van der Waals surface area contributed by atoms with E-state index in [0.29, 0.717) is 16.4 Å². The molecule has 0 aliphatic rings. The van der Waals surface area contributed by atoms with Crippen LogP contribution in [-0.4, -0.2) is 11.1 Å². The van der Waals surface area contributed by atoms with Gasteiger partial charge in [0.25, 0.3) is 0 Å². The quantitative estimate of drug-likeness (QED) is 0.722. The zero-order valence-electron chi connectivity index (χ0n) is 9.65. The van der Waals surface area contributed by atoms with Crippen molar-refractivity contribution in [2.45, 2.75) is 0 Å². The molecule has 4 nitrogen and oxygen atoms in total. The Hall–Kier alpha value is -1.91. The lowest BCUT2D eigenvalue weighted by Gasteiger charge is -2.09. The van der Waals surface area contributed by atoms with Crippen molar-refractivity contribution in [1.82, 2.24) is 0 Å². The van der Waals surface area contributed by atoms with Crippen LogP contribution in [0.1, 0.15) is 0 Å². The van der Waals surface area contributed by atoms with Crippen molar-refractivity contribution >= 4 is 40.6 Å². The molecule has 3 N–H and O–H groups in total. The molecule has 0 aliphatic heterocycles. The fourth-order valence-electron chi connectivity index (χ4n) is 1.42. The molecule has 2 aromatic rings. The number of carbonyl (C=O) groups excluding carboxylic acids is 1. The number of carbonyl (C=O) groups is 1. The number of amides is 2. The number of benzene rings is 2. The molecule has 2 amide bonds. The molecule has 6 heteroatoms. The smallest absolute Gasteiger partial charge is 0.323 e. The van der Waals surface area contributed by atoms with Crippen molar-refractivity contribution < 1.29 is 9.90 Å². The number of halogens is 2. The van der Waals surface area contributed by atoms with E-state index in [1.807, 2.05) is 0 Å². The molecule has 0 aliphatic carbocycles. The second-order valence-corrected chi connectivity index (χ2v) is 4.59. The van der Waals surface area contributed by atoms with E-state index in [1.165, 1.54) is 18.2 Å². The molecule has 2 aromatic carbocycles. The maximum atomic E-state index is 11.7. The van der Waals surface area contributed by atoms with E-state index in [9.17, 15) is 9.90 Å². The molecule has 0 heterocycles. The molecular formula is C13H10Cl2N2O2. The number of rotatable bonds is 2. The van der Waals surface area contributed by atoms with Gasteiger partial charge >= 0.3 is 6.03 Å². The SMILES string of the molecule is O=C(Nc1ccc(Cl)cc1)Nc1ccc(O)cc1Cl. The molecule has 0 atom stereocenters. The van der Waals surface area contributed by atoms with Crippen molar-refractivity contribution in [3.05, 3.63) is 52.5 Å². The summed E-state index contributed by atoms with van der Waals surface area (Å²) < 4.78 is 0. The Kier molecular flexibility index (Phi) is 4.14. The molecular weight excluding hydrogens is 287 g/mol. The Balaban J connectivity index is 2.03. The number of phenolic OH excluding ortho intramolecular Hbond substituents is 1. The first-order chi connectivity index (χ1) is 9.04. The summed E-state index contributed by atoms with van der Waals surface area (Å²) in [7, 11) is 0. The number of anilines is 2. The summed E-state index contributed by atoms with van der Waals surface area (Å²) in [5.74, 6) is 0.0358. The summed E-state index contributed by atoms with van der Waals surface area (Å²) in [5.41, 5.74) is 1.02. The van der Waals surface area contributed by atoms with Crippen LogP contribution in [-0.2, 0) is 0 Å². The summed E-state index contributed by atoms with van der Waals surface area (Å²) in [4.78, 5) is 11.7. The third-order valence-corrected chi connectivity index (χ3v) is 2.87. The maximum Gasteiger partial charge on any atom is 0.323 e. The number of urea groups is 1. The van der Waals surface area contributed by atoms with Crippen LogP contribution in [0.2, 0.25) is 10.0 Å². The van der Waals surface area contributed by atoms with E-state index >= 15 is 0 Å². The topological polar surface area (TPSA) is 61.4 Å². The van der Waals surface area contributed by atoms with Crippen LogP contribution in [0.25, 0.3) is 0 Å². The first-order valence-corrected chi connectivity index (χ1v) is 6.12. The van der Waals surface area contributed by atoms with Crippen LogP contribution < -0.4 is 10.6 Å². The molecule has 0 saturated heterocycles. The van der Waals surface area contributed by atoms with Gasteiger partial charge in [-0.05, 0) is 36.4 Å². The van der Waals surface area contributed by atoms with Crippen molar-refractivity contribution in [3.63, 3.8) is 0 Å². The molecule has 2 rings (SSSR count). The Bertz CT molecular complexity index is 600. The van der Waals surface area contributed by atoms with E-state index < -0.39 is 6.03 Å². The summed E-state index contributed by atoms with van der Waals surface area (Å²) >= 11 is 11.6. The molecule has 98 valence electrons. The molecule has 0 fully saturated rings. The van der Waals surface area contributed by atoms with Gasteiger partial charge in [0.15, 0.2) is 0 Å². The monoisotopic (exact) mass is 296 g/mol. The van der Waals surface area contributed by atoms with Gasteiger partial charge in [-0.1, -0.05) is 23.2 Å². The Morgan fingerprint density at radius 3 is 2.32 bits per heavy atom. The normalized spacial score (nSPS) is 10.0. The zero-order chi connectivity index (χ0) is 13.8. The Labute approximate surface area is 120 Å². The van der Waals surface area contributed by atoms with Gasteiger partial charge in [0.05, 0.1) is 10.7 Å². The van der Waals surface area contributed by atoms with Crippen LogP contribution in [0.3, 0.4) is 0 Å². The Morgan fingerprint density at radius 1 is 1.00 bits per heavy atom. The van der Waals surface area contributed by atoms with Crippen LogP contribution in [0.5, 0.6) is 5.75 Å². The summed E-state index contributed by atoms with van der Waals surface area (Å²) in [6, 6.07) is 10.6. The first kappa shape index (κ1) is 13.5. The number of hydrogen-bond acceptors (Lipinski definition) is 2. The van der Waals surface area contributed by atoms with Gasteiger partial charge in [0, 0.05) is 16.8 Å². The lowest BCUT2D eigenvalue weighted by Crippen LogP contribution is -2.19. The summed E-state index contributed by atoms with van der Waals surface area (Å²) in [5, 5.41) is 15.3. The van der Waals surface area contributed by atoms with Crippen LogP contribution in [0.4, 0.5) is 16.2 Å². The molecule has 0 saturated carbocycles. The lowest BCUT2D eigenvalue weighted by molar-refractivity contribution is 0.262. The van der Waals surface area contributed by atoms with Gasteiger partial charge in [-0.25, -0.2) is 4.79 Å². The minimum absolute atomic E-state index is 0.0358. The highest BCUT2D eigenvalue weighted by atomic mass is 35.5. The average molecular weight is 297 g/mol. The molecule has 0 spiro atoms. The highest BCUT2D eigenvalue weighted by Crippen LogP contribution is 2.26. The van der Waals surface area contributed by atoms with Gasteiger partial charge < -0.3 is 15.7 Å². The van der Waals surface area contributed by atoms with Crippen LogP contribution in [0, 0.1) is 0 Å². The van der Waals surface area contributed by atoms with Gasteiger partial charge in [0.1, 0.15) is 5.75 Å². The number of aromatic hydroxyl groups is 1. The number of hydrogen-bond donors (Lipinski definition) is 3. The predicted molar refractivity (Wildman–Crippen MR) is 77.2 cm³/mol. The minimum Gasteiger partial charge on any atom is -0.508 e.